The van der Waals surface area contributed by atoms with Crippen molar-refractivity contribution in [3.63, 3.8) is 0 Å². The first-order valence-electron chi connectivity index (χ1n) is 5.52. The monoisotopic (exact) mass is 242 g/mol. The summed E-state index contributed by atoms with van der Waals surface area (Å²) in [6.07, 6.45) is 1.41. The van der Waals surface area contributed by atoms with Gasteiger partial charge in [0.15, 0.2) is 0 Å². The second-order valence-electron chi connectivity index (χ2n) is 4.38. The first kappa shape index (κ1) is 11.8. The highest BCUT2D eigenvalue weighted by atomic mass is 16.7. The van der Waals surface area contributed by atoms with Crippen LogP contribution in [0.4, 0.5) is 0 Å². The van der Waals surface area contributed by atoms with Gasteiger partial charge in [-0.3, -0.25) is 19.2 Å². The molecule has 2 rings (SSSR count). The molecule has 0 aromatic heterocycles. The van der Waals surface area contributed by atoms with Crippen LogP contribution in [-0.2, 0) is 19.2 Å². The summed E-state index contributed by atoms with van der Waals surface area (Å²) in [7, 11) is 0. The summed E-state index contributed by atoms with van der Waals surface area (Å²) in [6.45, 7) is 0.111. The molecule has 2 amide bonds. The Morgan fingerprint density at radius 3 is 2.59 bits per heavy atom. The molecule has 1 aliphatic carbocycles. The minimum Gasteiger partial charge on any atom is -0.481 e. The van der Waals surface area contributed by atoms with Crippen LogP contribution in [0.25, 0.3) is 0 Å². The molecule has 0 bridgehead atoms. The molecule has 3 N–H and O–H groups in total. The number of carbonyl (C=O) groups excluding carboxylic acids is 2. The van der Waals surface area contributed by atoms with Crippen LogP contribution in [0.2, 0.25) is 0 Å². The van der Waals surface area contributed by atoms with Crippen LogP contribution in [0.15, 0.2) is 0 Å². The second-order valence-corrected chi connectivity index (χ2v) is 4.38. The molecule has 94 valence electrons. The van der Waals surface area contributed by atoms with Crippen LogP contribution >= 0.6 is 0 Å². The molecule has 1 aliphatic heterocycles. The van der Waals surface area contributed by atoms with Crippen LogP contribution in [0.5, 0.6) is 0 Å². The smallest absolute Gasteiger partial charge is 0.306 e. The lowest BCUT2D eigenvalue weighted by molar-refractivity contribution is -0.141. The van der Waals surface area contributed by atoms with Gasteiger partial charge in [-0.25, -0.2) is 5.48 Å². The molecule has 1 heterocycles. The van der Waals surface area contributed by atoms with Gasteiger partial charge in [0.1, 0.15) is 12.6 Å². The Kier molecular flexibility index (Phi) is 3.28. The summed E-state index contributed by atoms with van der Waals surface area (Å²) in [5.41, 5.74) is 2.14. The van der Waals surface area contributed by atoms with Crippen LogP contribution in [-0.4, -0.2) is 35.5 Å². The lowest BCUT2D eigenvalue weighted by Crippen LogP contribution is -2.44. The fourth-order valence-electron chi connectivity index (χ4n) is 2.18. The maximum Gasteiger partial charge on any atom is 0.306 e. The Labute approximate surface area is 97.5 Å². The minimum absolute atomic E-state index is 0.111. The van der Waals surface area contributed by atoms with Crippen molar-refractivity contribution in [1.82, 2.24) is 10.8 Å². The number of hydrogen-bond donors (Lipinski definition) is 3. The molecule has 7 nitrogen and oxygen atoms in total. The van der Waals surface area contributed by atoms with E-state index in [9.17, 15) is 14.4 Å². The number of amides is 2. The number of carbonyl (C=O) groups is 3. The number of carboxylic acids is 1. The summed E-state index contributed by atoms with van der Waals surface area (Å²) < 4.78 is 0. The zero-order valence-electron chi connectivity index (χ0n) is 9.14. The van der Waals surface area contributed by atoms with E-state index in [1.165, 1.54) is 0 Å². The lowest BCUT2D eigenvalue weighted by Gasteiger charge is -2.13. The Balaban J connectivity index is 1.85. The molecular weight excluding hydrogens is 228 g/mol. The van der Waals surface area contributed by atoms with Crippen LogP contribution < -0.4 is 10.8 Å². The molecule has 1 saturated heterocycles. The number of rotatable bonds is 3. The standard InChI is InChI=1S/C10H14N2O5/c13-8(11-7-4-17-12-9(7)14)5-1-2-6(3-5)10(15)16/h5-7H,1-4H2,(H,11,13)(H,12,14)(H,15,16)/t5-,6+,7-/m1/s1. The average Bonchev–Trinajstić information content (AvgIpc) is 2.88. The average molecular weight is 242 g/mol. The van der Waals surface area contributed by atoms with Gasteiger partial charge in [0.2, 0.25) is 5.91 Å². The molecule has 0 aromatic rings. The number of hydrogen-bond acceptors (Lipinski definition) is 4. The van der Waals surface area contributed by atoms with Gasteiger partial charge in [-0.05, 0) is 19.3 Å². The summed E-state index contributed by atoms with van der Waals surface area (Å²) in [5.74, 6) is -2.25. The Morgan fingerprint density at radius 2 is 2.06 bits per heavy atom. The summed E-state index contributed by atoms with van der Waals surface area (Å²) >= 11 is 0. The third kappa shape index (κ3) is 2.55. The normalized spacial score (nSPS) is 32.2. The summed E-state index contributed by atoms with van der Waals surface area (Å²) in [6, 6.07) is -0.661. The van der Waals surface area contributed by atoms with E-state index in [0.29, 0.717) is 19.3 Å². The molecule has 0 radical (unpaired) electrons. The SMILES string of the molecule is O=C(O)[C@H]1CC[C@@H](C(=O)N[C@@H]2CONC2=O)C1. The van der Waals surface area contributed by atoms with Gasteiger partial charge in [-0.1, -0.05) is 0 Å². The van der Waals surface area contributed by atoms with Gasteiger partial charge in [-0.2, -0.15) is 0 Å². The number of carboxylic acid groups (broad SMARTS) is 1. The van der Waals surface area contributed by atoms with Gasteiger partial charge in [0.25, 0.3) is 5.91 Å². The molecule has 7 heteroatoms. The lowest BCUT2D eigenvalue weighted by atomic mass is 10.0. The van der Waals surface area contributed by atoms with Crippen molar-refractivity contribution in [2.45, 2.75) is 25.3 Å². The van der Waals surface area contributed by atoms with Gasteiger partial charge >= 0.3 is 5.97 Å². The Morgan fingerprint density at radius 1 is 1.35 bits per heavy atom. The molecule has 2 aliphatic rings. The maximum atomic E-state index is 11.8. The van der Waals surface area contributed by atoms with Crippen molar-refractivity contribution in [3.8, 4) is 0 Å². The molecule has 0 aromatic carbocycles. The molecule has 17 heavy (non-hydrogen) atoms. The zero-order chi connectivity index (χ0) is 12.4. The number of aliphatic carboxylic acids is 1. The summed E-state index contributed by atoms with van der Waals surface area (Å²) in [4.78, 5) is 38.4. The van der Waals surface area contributed by atoms with E-state index in [4.69, 9.17) is 5.11 Å². The highest BCUT2D eigenvalue weighted by molar-refractivity contribution is 5.89. The quantitative estimate of drug-likeness (QED) is 0.591. The third-order valence-corrected chi connectivity index (χ3v) is 3.21. The van der Waals surface area contributed by atoms with Crippen molar-refractivity contribution in [2.24, 2.45) is 11.8 Å². The van der Waals surface area contributed by atoms with Crippen molar-refractivity contribution in [1.29, 1.82) is 0 Å². The predicted octanol–water partition coefficient (Wildman–Crippen LogP) is -0.966. The van der Waals surface area contributed by atoms with E-state index in [2.05, 4.69) is 15.6 Å². The van der Waals surface area contributed by atoms with Crippen molar-refractivity contribution < 1.29 is 24.3 Å². The summed E-state index contributed by atoms with van der Waals surface area (Å²) in [5, 5.41) is 11.4. The van der Waals surface area contributed by atoms with Crippen molar-refractivity contribution in [3.05, 3.63) is 0 Å². The van der Waals surface area contributed by atoms with Crippen LogP contribution in [0.3, 0.4) is 0 Å². The van der Waals surface area contributed by atoms with Gasteiger partial charge in [-0.15, -0.1) is 0 Å². The highest BCUT2D eigenvalue weighted by Crippen LogP contribution is 2.31. The van der Waals surface area contributed by atoms with Crippen LogP contribution in [0.1, 0.15) is 19.3 Å². The third-order valence-electron chi connectivity index (χ3n) is 3.21. The molecule has 3 atom stereocenters. The van der Waals surface area contributed by atoms with E-state index in [1.54, 1.807) is 0 Å². The topological polar surface area (TPSA) is 105 Å². The highest BCUT2D eigenvalue weighted by Gasteiger charge is 2.36. The predicted molar refractivity (Wildman–Crippen MR) is 54.5 cm³/mol. The fourth-order valence-corrected chi connectivity index (χ4v) is 2.18. The maximum absolute atomic E-state index is 11.8. The van der Waals surface area contributed by atoms with E-state index in [1.807, 2.05) is 0 Å². The van der Waals surface area contributed by atoms with E-state index >= 15 is 0 Å². The van der Waals surface area contributed by atoms with E-state index in [0.717, 1.165) is 0 Å². The number of nitrogens with one attached hydrogen (secondary N) is 2. The van der Waals surface area contributed by atoms with Gasteiger partial charge in [0, 0.05) is 5.92 Å². The molecule has 2 fully saturated rings. The van der Waals surface area contributed by atoms with Crippen LogP contribution in [0, 0.1) is 11.8 Å². The zero-order valence-corrected chi connectivity index (χ0v) is 9.14. The first-order chi connectivity index (χ1) is 8.08. The molecular formula is C10H14N2O5. The Bertz CT molecular complexity index is 357. The second kappa shape index (κ2) is 4.70. The number of hydroxylamine groups is 1. The van der Waals surface area contributed by atoms with E-state index in [-0.39, 0.29) is 24.3 Å². The first-order valence-corrected chi connectivity index (χ1v) is 5.52. The van der Waals surface area contributed by atoms with Crippen molar-refractivity contribution in [2.75, 3.05) is 6.61 Å². The molecule has 1 saturated carbocycles. The molecule has 0 unspecified atom stereocenters. The minimum atomic E-state index is -0.859. The molecule has 0 spiro atoms. The van der Waals surface area contributed by atoms with E-state index < -0.39 is 17.9 Å². The largest absolute Gasteiger partial charge is 0.481 e. The fraction of sp³-hybridized carbons (Fsp3) is 0.700. The van der Waals surface area contributed by atoms with Crippen molar-refractivity contribution >= 4 is 17.8 Å². The van der Waals surface area contributed by atoms with Gasteiger partial charge in [0.05, 0.1) is 5.92 Å². The van der Waals surface area contributed by atoms with Gasteiger partial charge < -0.3 is 10.4 Å². The Hall–Kier alpha value is -1.63.